The maximum absolute atomic E-state index is 15.6. The van der Waals surface area contributed by atoms with E-state index in [2.05, 4.69) is 0 Å². The molecule has 8 aromatic rings. The van der Waals surface area contributed by atoms with Crippen LogP contribution in [0.15, 0.2) is 121 Å². The standard InChI is InChI=1S/C46H20F16N2/c47-33-35(49)39(53)43(40(54)36(33)50)63(31-13-5-9-21-7-1-3-11-25(21)31)23-15-17-27(29(19-23)45(57,58)59)28-18-16-24(20-30(28)46(60,61)62)64(32-14-6-10-22-8-2-4-12-26(22)32)44-41(55)37(51)34(48)38(52)42(44)56/h1-20H. The smallest absolute Gasteiger partial charge is 0.304 e. The number of anilines is 6. The van der Waals surface area contributed by atoms with E-state index in [-0.39, 0.29) is 43.5 Å². The number of hydrogen-bond acceptors (Lipinski definition) is 2. The molecule has 64 heavy (non-hydrogen) atoms. The lowest BCUT2D eigenvalue weighted by Gasteiger charge is -2.30. The van der Waals surface area contributed by atoms with E-state index in [1.807, 2.05) is 0 Å². The van der Waals surface area contributed by atoms with Crippen LogP contribution in [0.3, 0.4) is 0 Å². The Morgan fingerprint density at radius 3 is 0.938 bits per heavy atom. The van der Waals surface area contributed by atoms with Gasteiger partial charge in [0.25, 0.3) is 0 Å². The molecule has 0 unspecified atom stereocenters. The summed E-state index contributed by atoms with van der Waals surface area (Å²) in [6, 6.07) is 21.2. The van der Waals surface area contributed by atoms with Crippen LogP contribution in [0.5, 0.6) is 0 Å². The van der Waals surface area contributed by atoms with Crippen molar-refractivity contribution in [2.45, 2.75) is 12.4 Å². The lowest BCUT2D eigenvalue weighted by Crippen LogP contribution is -2.19. The Labute approximate surface area is 349 Å². The van der Waals surface area contributed by atoms with E-state index < -0.39 is 127 Å². The second-order valence-electron chi connectivity index (χ2n) is 14.0. The van der Waals surface area contributed by atoms with Gasteiger partial charge in [-0.15, -0.1) is 0 Å². The fraction of sp³-hybridized carbons (Fsp3) is 0.0435. The lowest BCUT2D eigenvalue weighted by atomic mass is 9.93. The van der Waals surface area contributed by atoms with E-state index in [1.54, 1.807) is 0 Å². The molecule has 326 valence electrons. The van der Waals surface area contributed by atoms with E-state index in [0.29, 0.717) is 24.3 Å². The first-order chi connectivity index (χ1) is 30.2. The molecule has 0 aliphatic heterocycles. The molecule has 0 fully saturated rings. The molecule has 0 aliphatic rings. The van der Waals surface area contributed by atoms with Gasteiger partial charge in [-0.25, -0.2) is 43.9 Å². The zero-order valence-electron chi connectivity index (χ0n) is 31.5. The maximum atomic E-state index is 15.6. The maximum Gasteiger partial charge on any atom is 0.417 e. The summed E-state index contributed by atoms with van der Waals surface area (Å²) in [6.45, 7) is 0. The van der Waals surface area contributed by atoms with Gasteiger partial charge < -0.3 is 9.80 Å². The van der Waals surface area contributed by atoms with Gasteiger partial charge in [0, 0.05) is 22.1 Å². The predicted octanol–water partition coefficient (Wildman–Crippen LogP) is 16.0. The third-order valence-electron chi connectivity index (χ3n) is 10.3. The molecule has 0 heterocycles. The van der Waals surface area contributed by atoms with Gasteiger partial charge in [0.1, 0.15) is 11.4 Å². The van der Waals surface area contributed by atoms with E-state index in [4.69, 9.17) is 0 Å². The van der Waals surface area contributed by atoms with Gasteiger partial charge in [-0.05, 0) is 58.3 Å². The summed E-state index contributed by atoms with van der Waals surface area (Å²) in [6.07, 6.45) is -11.3. The minimum absolute atomic E-state index is 0.0195. The summed E-state index contributed by atoms with van der Waals surface area (Å²) in [5.41, 5.74) is -12.7. The van der Waals surface area contributed by atoms with Crippen molar-refractivity contribution in [2.75, 3.05) is 9.80 Å². The molecule has 18 heteroatoms. The molecule has 0 radical (unpaired) electrons. The summed E-state index contributed by atoms with van der Waals surface area (Å²) in [5, 5.41) is 0.594. The normalized spacial score (nSPS) is 12.1. The SMILES string of the molecule is Fc1c(F)c(F)c(N(c2ccc(-c3ccc(N(c4c(F)c(F)c(F)c(F)c4F)c4cccc5ccccc45)cc3C(F)(F)F)c(C(F)(F)F)c2)c2cccc3ccccc23)c(F)c1F. The van der Waals surface area contributed by atoms with E-state index in [1.165, 1.54) is 72.8 Å². The molecule has 0 amide bonds. The highest BCUT2D eigenvalue weighted by Crippen LogP contribution is 2.50. The number of hydrogen-bond donors (Lipinski definition) is 0. The van der Waals surface area contributed by atoms with Crippen molar-refractivity contribution in [2.24, 2.45) is 0 Å². The number of fused-ring (bicyclic) bond motifs is 2. The van der Waals surface area contributed by atoms with Crippen molar-refractivity contribution in [3.05, 3.63) is 191 Å². The quantitative estimate of drug-likeness (QED) is 0.0893. The first-order valence-electron chi connectivity index (χ1n) is 18.2. The highest BCUT2D eigenvalue weighted by Gasteiger charge is 2.41. The van der Waals surface area contributed by atoms with Gasteiger partial charge >= 0.3 is 12.4 Å². The summed E-state index contributed by atoms with van der Waals surface area (Å²) in [7, 11) is 0. The van der Waals surface area contributed by atoms with E-state index in [9.17, 15) is 26.3 Å². The van der Waals surface area contributed by atoms with E-state index in [0.717, 1.165) is 12.1 Å². The summed E-state index contributed by atoms with van der Waals surface area (Å²) >= 11 is 0. The highest BCUT2D eigenvalue weighted by atomic mass is 19.4. The minimum Gasteiger partial charge on any atom is -0.304 e. The average Bonchev–Trinajstić information content (AvgIpc) is 3.28. The molecule has 0 spiro atoms. The molecular weight excluding hydrogens is 884 g/mol. The third kappa shape index (κ3) is 7.15. The number of alkyl halides is 6. The van der Waals surface area contributed by atoms with Crippen LogP contribution in [0.25, 0.3) is 32.7 Å². The van der Waals surface area contributed by atoms with Crippen molar-refractivity contribution >= 4 is 55.7 Å². The minimum atomic E-state index is -5.64. The largest absolute Gasteiger partial charge is 0.417 e. The zero-order valence-corrected chi connectivity index (χ0v) is 31.5. The van der Waals surface area contributed by atoms with Gasteiger partial charge in [-0.2, -0.15) is 26.3 Å². The van der Waals surface area contributed by atoms with Gasteiger partial charge in [0.05, 0.1) is 22.5 Å². The fourth-order valence-electron chi connectivity index (χ4n) is 7.44. The first kappa shape index (κ1) is 43.4. The van der Waals surface area contributed by atoms with Crippen molar-refractivity contribution in [3.8, 4) is 11.1 Å². The fourth-order valence-corrected chi connectivity index (χ4v) is 7.44. The highest BCUT2D eigenvalue weighted by molar-refractivity contribution is 6.01. The van der Waals surface area contributed by atoms with Gasteiger partial charge in [-0.3, -0.25) is 0 Å². The lowest BCUT2D eigenvalue weighted by molar-refractivity contribution is -0.139. The van der Waals surface area contributed by atoms with Gasteiger partial charge in [0.2, 0.25) is 11.6 Å². The Morgan fingerprint density at radius 2 is 0.609 bits per heavy atom. The van der Waals surface area contributed by atoms with Crippen LogP contribution in [-0.4, -0.2) is 0 Å². The Bertz CT molecular complexity index is 2900. The molecule has 8 aromatic carbocycles. The van der Waals surface area contributed by atoms with Gasteiger partial charge in [0.15, 0.2) is 46.5 Å². The molecular formula is C46H20F16N2. The molecule has 8 rings (SSSR count). The molecule has 0 N–H and O–H groups in total. The second-order valence-corrected chi connectivity index (χ2v) is 14.0. The van der Waals surface area contributed by atoms with Crippen LogP contribution in [0.4, 0.5) is 104 Å². The molecule has 2 nitrogen and oxygen atoms in total. The van der Waals surface area contributed by atoms with Crippen molar-refractivity contribution in [1.29, 1.82) is 0 Å². The van der Waals surface area contributed by atoms with Crippen LogP contribution >= 0.6 is 0 Å². The Hall–Kier alpha value is -7.24. The second kappa shape index (κ2) is 15.8. The number of rotatable bonds is 7. The van der Waals surface area contributed by atoms with Crippen molar-refractivity contribution < 1.29 is 70.2 Å². The molecule has 0 aromatic heterocycles. The van der Waals surface area contributed by atoms with Crippen LogP contribution < -0.4 is 9.80 Å². The predicted molar refractivity (Wildman–Crippen MR) is 206 cm³/mol. The number of nitrogens with zero attached hydrogens (tertiary/aromatic N) is 2. The molecule has 0 atom stereocenters. The third-order valence-corrected chi connectivity index (χ3v) is 10.3. The Balaban J connectivity index is 1.40. The van der Waals surface area contributed by atoms with E-state index >= 15 is 43.9 Å². The number of halogens is 16. The van der Waals surface area contributed by atoms with Crippen molar-refractivity contribution in [1.82, 2.24) is 0 Å². The van der Waals surface area contributed by atoms with Crippen LogP contribution in [0.1, 0.15) is 11.1 Å². The summed E-state index contributed by atoms with van der Waals surface area (Å²) in [5.74, 6) is -24.9. The Morgan fingerprint density at radius 1 is 0.312 bits per heavy atom. The summed E-state index contributed by atoms with van der Waals surface area (Å²) < 4.78 is 241. The Kier molecular flexibility index (Phi) is 10.7. The van der Waals surface area contributed by atoms with Crippen molar-refractivity contribution in [3.63, 3.8) is 0 Å². The molecule has 0 saturated heterocycles. The topological polar surface area (TPSA) is 6.48 Å². The molecule has 0 saturated carbocycles. The van der Waals surface area contributed by atoms with Crippen LogP contribution in [-0.2, 0) is 12.4 Å². The average molecular weight is 905 g/mol. The zero-order chi connectivity index (χ0) is 46.2. The first-order valence-corrected chi connectivity index (χ1v) is 18.2. The molecule has 0 bridgehead atoms. The van der Waals surface area contributed by atoms with Gasteiger partial charge in [-0.1, -0.05) is 84.9 Å². The van der Waals surface area contributed by atoms with Crippen LogP contribution in [0, 0.1) is 58.2 Å². The number of benzene rings is 8. The monoisotopic (exact) mass is 904 g/mol. The summed E-state index contributed by atoms with van der Waals surface area (Å²) in [4.78, 5) is 0.551. The molecule has 0 aliphatic carbocycles. The van der Waals surface area contributed by atoms with Crippen LogP contribution in [0.2, 0.25) is 0 Å².